The molecule has 0 aromatic heterocycles. The average Bonchev–Trinajstić information content (AvgIpc) is 2.17. The van der Waals surface area contributed by atoms with Crippen LogP contribution in [0.4, 0.5) is 0 Å². The molecule has 1 unspecified atom stereocenters. The van der Waals surface area contributed by atoms with Crippen molar-refractivity contribution in [2.45, 2.75) is 19.1 Å². The standard InChI is InChI=1S/C11H14ClNO3/c1-11(16,10(14)15)7-13-6-8-3-2-4-9(12)5-8/h2-5,13,16H,6-7H2,1H3,(H,14,15). The van der Waals surface area contributed by atoms with Gasteiger partial charge in [0.15, 0.2) is 5.60 Å². The van der Waals surface area contributed by atoms with Gasteiger partial charge in [0.25, 0.3) is 0 Å². The molecule has 16 heavy (non-hydrogen) atoms. The average molecular weight is 244 g/mol. The summed E-state index contributed by atoms with van der Waals surface area (Å²) in [6.45, 7) is 1.69. The number of carbonyl (C=O) groups is 1. The lowest BCUT2D eigenvalue weighted by Gasteiger charge is -2.18. The van der Waals surface area contributed by atoms with Crippen LogP contribution in [-0.2, 0) is 11.3 Å². The SMILES string of the molecule is CC(O)(CNCc1cccc(Cl)c1)C(=O)O. The molecular weight excluding hydrogens is 230 g/mol. The maximum Gasteiger partial charge on any atom is 0.336 e. The topological polar surface area (TPSA) is 69.6 Å². The van der Waals surface area contributed by atoms with Crippen LogP contribution in [0.1, 0.15) is 12.5 Å². The molecule has 88 valence electrons. The van der Waals surface area contributed by atoms with Crippen LogP contribution in [0.25, 0.3) is 0 Å². The van der Waals surface area contributed by atoms with Gasteiger partial charge in [-0.25, -0.2) is 4.79 Å². The Morgan fingerprint density at radius 3 is 2.81 bits per heavy atom. The normalized spacial score (nSPS) is 14.4. The zero-order valence-electron chi connectivity index (χ0n) is 8.90. The smallest absolute Gasteiger partial charge is 0.336 e. The van der Waals surface area contributed by atoms with Crippen molar-refractivity contribution in [1.29, 1.82) is 0 Å². The first-order valence-corrected chi connectivity index (χ1v) is 5.20. The number of nitrogens with one attached hydrogen (secondary N) is 1. The fourth-order valence-electron chi connectivity index (χ4n) is 1.17. The molecule has 5 heteroatoms. The minimum absolute atomic E-state index is 0.0190. The Kier molecular flexibility index (Phi) is 4.29. The van der Waals surface area contributed by atoms with Gasteiger partial charge in [0.2, 0.25) is 0 Å². The van der Waals surface area contributed by atoms with Crippen LogP contribution >= 0.6 is 11.6 Å². The van der Waals surface area contributed by atoms with Crippen LogP contribution in [0.3, 0.4) is 0 Å². The number of rotatable bonds is 5. The zero-order chi connectivity index (χ0) is 12.2. The third-order valence-electron chi connectivity index (χ3n) is 2.15. The van der Waals surface area contributed by atoms with Crippen molar-refractivity contribution in [3.8, 4) is 0 Å². The van der Waals surface area contributed by atoms with Crippen molar-refractivity contribution in [1.82, 2.24) is 5.32 Å². The van der Waals surface area contributed by atoms with Crippen LogP contribution < -0.4 is 5.32 Å². The van der Waals surface area contributed by atoms with Gasteiger partial charge in [-0.2, -0.15) is 0 Å². The maximum atomic E-state index is 10.6. The third-order valence-corrected chi connectivity index (χ3v) is 2.38. The molecule has 0 radical (unpaired) electrons. The summed E-state index contributed by atoms with van der Waals surface area (Å²) in [4.78, 5) is 10.6. The molecule has 0 bridgehead atoms. The highest BCUT2D eigenvalue weighted by Gasteiger charge is 2.28. The van der Waals surface area contributed by atoms with Gasteiger partial charge in [0, 0.05) is 18.1 Å². The van der Waals surface area contributed by atoms with Gasteiger partial charge in [-0.05, 0) is 24.6 Å². The van der Waals surface area contributed by atoms with Gasteiger partial charge in [-0.3, -0.25) is 0 Å². The van der Waals surface area contributed by atoms with Gasteiger partial charge in [-0.15, -0.1) is 0 Å². The number of hydrogen-bond donors (Lipinski definition) is 3. The molecule has 1 aromatic rings. The molecule has 1 rings (SSSR count). The first-order valence-electron chi connectivity index (χ1n) is 4.83. The van der Waals surface area contributed by atoms with Crippen molar-refractivity contribution in [2.75, 3.05) is 6.54 Å². The Labute approximate surface area is 98.9 Å². The molecule has 0 aliphatic carbocycles. The predicted molar refractivity (Wildman–Crippen MR) is 61.4 cm³/mol. The molecule has 0 spiro atoms. The molecule has 3 N–H and O–H groups in total. The molecule has 0 fully saturated rings. The second-order valence-electron chi connectivity index (χ2n) is 3.81. The van der Waals surface area contributed by atoms with Crippen LogP contribution in [0.2, 0.25) is 5.02 Å². The van der Waals surface area contributed by atoms with Gasteiger partial charge in [0.1, 0.15) is 0 Å². The van der Waals surface area contributed by atoms with E-state index in [2.05, 4.69) is 5.32 Å². The van der Waals surface area contributed by atoms with E-state index in [0.29, 0.717) is 11.6 Å². The Hall–Kier alpha value is -1.10. The first-order chi connectivity index (χ1) is 7.42. The van der Waals surface area contributed by atoms with Crippen LogP contribution in [0.5, 0.6) is 0 Å². The van der Waals surface area contributed by atoms with Gasteiger partial charge >= 0.3 is 5.97 Å². The molecule has 4 nitrogen and oxygen atoms in total. The maximum absolute atomic E-state index is 10.6. The second-order valence-corrected chi connectivity index (χ2v) is 4.25. The Bertz CT molecular complexity index is 379. The summed E-state index contributed by atoms with van der Waals surface area (Å²) in [7, 11) is 0. The minimum Gasteiger partial charge on any atom is -0.479 e. The van der Waals surface area contributed by atoms with Crippen molar-refractivity contribution < 1.29 is 15.0 Å². The van der Waals surface area contributed by atoms with E-state index >= 15 is 0 Å². The lowest BCUT2D eigenvalue weighted by atomic mass is 10.1. The highest BCUT2D eigenvalue weighted by atomic mass is 35.5. The fourth-order valence-corrected chi connectivity index (χ4v) is 1.39. The largest absolute Gasteiger partial charge is 0.479 e. The molecule has 0 amide bonds. The van der Waals surface area contributed by atoms with E-state index in [9.17, 15) is 9.90 Å². The lowest BCUT2D eigenvalue weighted by molar-refractivity contribution is -0.156. The molecule has 0 saturated carbocycles. The van der Waals surface area contributed by atoms with Crippen molar-refractivity contribution in [2.24, 2.45) is 0 Å². The van der Waals surface area contributed by atoms with Gasteiger partial charge in [0.05, 0.1) is 0 Å². The lowest BCUT2D eigenvalue weighted by Crippen LogP contribution is -2.44. The first kappa shape index (κ1) is 13.0. The molecule has 1 aromatic carbocycles. The van der Waals surface area contributed by atoms with Crippen molar-refractivity contribution in [3.05, 3.63) is 34.9 Å². The summed E-state index contributed by atoms with van der Waals surface area (Å²) in [5.74, 6) is -1.24. The molecular formula is C11H14ClNO3. The van der Waals surface area contributed by atoms with Gasteiger partial charge in [-0.1, -0.05) is 23.7 Å². The predicted octanol–water partition coefficient (Wildman–Crippen LogP) is 1.27. The number of aliphatic hydroxyl groups is 1. The number of benzene rings is 1. The summed E-state index contributed by atoms with van der Waals surface area (Å²) in [6, 6.07) is 7.23. The van der Waals surface area contributed by atoms with Crippen molar-refractivity contribution >= 4 is 17.6 Å². The van der Waals surface area contributed by atoms with E-state index in [1.807, 2.05) is 12.1 Å². The molecule has 1 atom stereocenters. The molecule has 0 heterocycles. The van der Waals surface area contributed by atoms with E-state index in [0.717, 1.165) is 5.56 Å². The molecule has 0 aliphatic rings. The highest BCUT2D eigenvalue weighted by Crippen LogP contribution is 2.10. The number of carboxylic acids is 1. The van der Waals surface area contributed by atoms with E-state index in [4.69, 9.17) is 16.7 Å². The zero-order valence-corrected chi connectivity index (χ0v) is 9.66. The van der Waals surface area contributed by atoms with Crippen LogP contribution in [0, 0.1) is 0 Å². The Balaban J connectivity index is 2.45. The van der Waals surface area contributed by atoms with Gasteiger partial charge < -0.3 is 15.5 Å². The molecule has 0 saturated heterocycles. The summed E-state index contributed by atoms with van der Waals surface area (Å²) in [5.41, 5.74) is -0.813. The van der Waals surface area contributed by atoms with E-state index in [1.54, 1.807) is 12.1 Å². The Morgan fingerprint density at radius 1 is 1.56 bits per heavy atom. The third kappa shape index (κ3) is 3.81. The van der Waals surface area contributed by atoms with Crippen LogP contribution in [-0.4, -0.2) is 28.3 Å². The van der Waals surface area contributed by atoms with E-state index < -0.39 is 11.6 Å². The summed E-state index contributed by atoms with van der Waals surface area (Å²) in [6.07, 6.45) is 0. The minimum atomic E-state index is -1.75. The number of carboxylic acid groups (broad SMARTS) is 1. The summed E-state index contributed by atoms with van der Waals surface area (Å²) in [5, 5.41) is 21.6. The van der Waals surface area contributed by atoms with E-state index in [-0.39, 0.29) is 6.54 Å². The quantitative estimate of drug-likeness (QED) is 0.728. The summed E-state index contributed by atoms with van der Waals surface area (Å²) >= 11 is 5.79. The van der Waals surface area contributed by atoms with E-state index in [1.165, 1.54) is 6.92 Å². The highest BCUT2D eigenvalue weighted by molar-refractivity contribution is 6.30. The fraction of sp³-hybridized carbons (Fsp3) is 0.364. The number of hydrogen-bond acceptors (Lipinski definition) is 3. The number of aliphatic carboxylic acids is 1. The Morgan fingerprint density at radius 2 is 2.25 bits per heavy atom. The van der Waals surface area contributed by atoms with Crippen molar-refractivity contribution in [3.63, 3.8) is 0 Å². The van der Waals surface area contributed by atoms with Crippen LogP contribution in [0.15, 0.2) is 24.3 Å². The summed E-state index contributed by atoms with van der Waals surface area (Å²) < 4.78 is 0. The molecule has 0 aliphatic heterocycles. The number of halogens is 1. The second kappa shape index (κ2) is 5.30. The monoisotopic (exact) mass is 243 g/mol.